The molecule has 3 N–H and O–H groups in total. The van der Waals surface area contributed by atoms with Gasteiger partial charge in [-0.3, -0.25) is 9.59 Å². The van der Waals surface area contributed by atoms with Crippen molar-refractivity contribution in [1.82, 2.24) is 20.0 Å². The van der Waals surface area contributed by atoms with E-state index >= 15 is 0 Å². The van der Waals surface area contributed by atoms with Gasteiger partial charge in [0.1, 0.15) is 0 Å². The van der Waals surface area contributed by atoms with Gasteiger partial charge in [0, 0.05) is 80.9 Å². The minimum atomic E-state index is -0.411. The van der Waals surface area contributed by atoms with Gasteiger partial charge in [0.25, 0.3) is 11.8 Å². The van der Waals surface area contributed by atoms with Crippen LogP contribution in [0.4, 0.5) is 41.9 Å². The third-order valence-electron chi connectivity index (χ3n) is 10.7. The maximum atomic E-state index is 12.6. The topological polar surface area (TPSA) is 155 Å². The summed E-state index contributed by atoms with van der Waals surface area (Å²) < 4.78 is 0. The second-order valence-electron chi connectivity index (χ2n) is 16.8. The Kier molecular flexibility index (Phi) is 22.6. The maximum absolute atomic E-state index is 12.6. The predicted octanol–water partition coefficient (Wildman–Crippen LogP) is 12.5. The summed E-state index contributed by atoms with van der Waals surface area (Å²) in [5.74, 6) is -0.127. The first-order valence-corrected chi connectivity index (χ1v) is 23.6. The zero-order valence-electron chi connectivity index (χ0n) is 41.1. The van der Waals surface area contributed by atoms with Crippen molar-refractivity contribution < 1.29 is 28.8 Å². The standard InChI is InChI=1S/C16H15ClN2O2.C16H16N2O2.C14H20N2O.C9H11ClN2O/c1-18(2)16(21)19(14-10-8-13(17)9-11-14)15(20)12-6-4-3-5-7-12;1-17(2)16(20)18(14-11-7-4-8-12-14)15(19)13-9-5-3-6-10-13;1-11-7-5-6-10-13(11)16-14(17)15-12-8-3-2-4-9-12;1-12(2)9(13)11-8-5-3-7(10)4-6-8/h3-11H,1-2H3;3-12H,1-2H3;2-4,8-9,11,13H,5-7,10H2,1H3,(H2,15,16,17);3-6H,1-2H3,(H,11,13). The van der Waals surface area contributed by atoms with E-state index in [9.17, 15) is 28.8 Å². The van der Waals surface area contributed by atoms with Crippen LogP contribution in [0.1, 0.15) is 53.3 Å². The number of benzene rings is 6. The molecule has 71 heavy (non-hydrogen) atoms. The molecule has 0 aromatic heterocycles. The van der Waals surface area contributed by atoms with Crippen molar-refractivity contribution in [3.63, 3.8) is 0 Å². The molecule has 0 spiro atoms. The summed E-state index contributed by atoms with van der Waals surface area (Å²) in [6.45, 7) is 2.21. The van der Waals surface area contributed by atoms with Crippen LogP contribution in [-0.4, -0.2) is 99.0 Å². The molecule has 372 valence electrons. The molecule has 7 rings (SSSR count). The summed E-state index contributed by atoms with van der Waals surface area (Å²) in [7, 11) is 9.82. The van der Waals surface area contributed by atoms with Crippen LogP contribution in [0.15, 0.2) is 170 Å². The first-order chi connectivity index (χ1) is 34.0. The lowest BCUT2D eigenvalue weighted by molar-refractivity contribution is 0.0979. The number of nitrogens with zero attached hydrogens (tertiary/aromatic N) is 5. The Balaban J connectivity index is 0.000000209. The molecule has 0 heterocycles. The van der Waals surface area contributed by atoms with Crippen LogP contribution >= 0.6 is 23.2 Å². The molecule has 2 unspecified atom stereocenters. The average molecular weight is 1000 g/mol. The monoisotopic (exact) mass is 1000 g/mol. The van der Waals surface area contributed by atoms with Gasteiger partial charge in [-0.1, -0.05) is 116 Å². The van der Waals surface area contributed by atoms with Gasteiger partial charge in [0.15, 0.2) is 0 Å². The number of imide groups is 2. The number of hydrogen-bond acceptors (Lipinski definition) is 6. The highest BCUT2D eigenvalue weighted by Crippen LogP contribution is 2.25. The molecular weight excluding hydrogens is 940 g/mol. The predicted molar refractivity (Wildman–Crippen MR) is 287 cm³/mol. The lowest BCUT2D eigenvalue weighted by Gasteiger charge is -2.29. The Morgan fingerprint density at radius 1 is 0.451 bits per heavy atom. The van der Waals surface area contributed by atoms with E-state index in [1.54, 1.807) is 164 Å². The second kappa shape index (κ2) is 28.7. The molecule has 10 amide bonds. The Labute approximate surface area is 427 Å². The fraction of sp³-hybridized carbons (Fsp3) is 0.236. The molecule has 6 aromatic rings. The molecule has 1 saturated carbocycles. The highest BCUT2D eigenvalue weighted by molar-refractivity contribution is 6.31. The van der Waals surface area contributed by atoms with E-state index < -0.39 is 6.03 Å². The fourth-order valence-corrected chi connectivity index (χ4v) is 7.02. The largest absolute Gasteiger partial charge is 0.335 e. The summed E-state index contributed by atoms with van der Waals surface area (Å²) in [6.07, 6.45) is 4.83. The van der Waals surface area contributed by atoms with Gasteiger partial charge < -0.3 is 30.7 Å². The molecule has 1 aliphatic rings. The van der Waals surface area contributed by atoms with Gasteiger partial charge in [-0.2, -0.15) is 0 Å². The third-order valence-corrected chi connectivity index (χ3v) is 11.2. The summed E-state index contributed by atoms with van der Waals surface area (Å²) in [6, 6.07) is 48.8. The fourth-order valence-electron chi connectivity index (χ4n) is 6.77. The lowest BCUT2D eigenvalue weighted by atomic mass is 9.86. The summed E-state index contributed by atoms with van der Waals surface area (Å²) in [5.41, 5.74) is 3.54. The first-order valence-electron chi connectivity index (χ1n) is 22.8. The molecule has 16 heteroatoms. The Morgan fingerprint density at radius 3 is 1.25 bits per heavy atom. The van der Waals surface area contributed by atoms with Crippen molar-refractivity contribution >= 4 is 81.9 Å². The molecule has 14 nitrogen and oxygen atoms in total. The molecule has 1 aliphatic carbocycles. The van der Waals surface area contributed by atoms with E-state index in [4.69, 9.17) is 23.2 Å². The zero-order chi connectivity index (χ0) is 51.9. The smallest absolute Gasteiger partial charge is 0.331 e. The summed E-state index contributed by atoms with van der Waals surface area (Å²) in [4.78, 5) is 79.3. The minimum absolute atomic E-state index is 0.0880. The molecule has 1 fully saturated rings. The number of amides is 10. The van der Waals surface area contributed by atoms with Crippen LogP contribution in [-0.2, 0) is 0 Å². The molecule has 6 aromatic carbocycles. The van der Waals surface area contributed by atoms with Gasteiger partial charge in [0.05, 0.1) is 11.4 Å². The quantitative estimate of drug-likeness (QED) is 0.145. The average Bonchev–Trinajstić information content (AvgIpc) is 3.37. The van der Waals surface area contributed by atoms with Crippen molar-refractivity contribution in [2.75, 3.05) is 62.7 Å². The number of para-hydroxylation sites is 2. The minimum Gasteiger partial charge on any atom is -0.335 e. The van der Waals surface area contributed by atoms with Crippen molar-refractivity contribution in [2.24, 2.45) is 5.92 Å². The highest BCUT2D eigenvalue weighted by Gasteiger charge is 2.27. The van der Waals surface area contributed by atoms with Gasteiger partial charge >= 0.3 is 24.1 Å². The van der Waals surface area contributed by atoms with Crippen LogP contribution in [0.25, 0.3) is 0 Å². The van der Waals surface area contributed by atoms with Gasteiger partial charge in [-0.15, -0.1) is 0 Å². The second-order valence-corrected chi connectivity index (χ2v) is 17.7. The van der Waals surface area contributed by atoms with Crippen molar-refractivity contribution in [3.05, 3.63) is 191 Å². The van der Waals surface area contributed by atoms with Crippen LogP contribution < -0.4 is 25.8 Å². The number of urea groups is 4. The Hall–Kier alpha value is -7.68. The Morgan fingerprint density at radius 2 is 0.831 bits per heavy atom. The highest BCUT2D eigenvalue weighted by atomic mass is 35.5. The van der Waals surface area contributed by atoms with Crippen LogP contribution in [0, 0.1) is 5.92 Å². The summed E-state index contributed by atoms with van der Waals surface area (Å²) >= 11 is 11.5. The molecule has 0 bridgehead atoms. The number of anilines is 4. The van der Waals surface area contributed by atoms with E-state index in [0.717, 1.165) is 22.7 Å². The number of halogens is 2. The third kappa shape index (κ3) is 18.3. The Bertz CT molecular complexity index is 2610. The summed E-state index contributed by atoms with van der Waals surface area (Å²) in [5, 5.41) is 9.82. The van der Waals surface area contributed by atoms with Crippen LogP contribution in [0.3, 0.4) is 0 Å². The number of carbonyl (C=O) groups excluding carboxylic acids is 6. The van der Waals surface area contributed by atoms with Gasteiger partial charge in [-0.25, -0.2) is 29.0 Å². The van der Waals surface area contributed by atoms with E-state index in [0.29, 0.717) is 44.5 Å². The molecule has 2 atom stereocenters. The normalized spacial score (nSPS) is 13.3. The van der Waals surface area contributed by atoms with Crippen LogP contribution in [0.2, 0.25) is 10.0 Å². The van der Waals surface area contributed by atoms with Crippen molar-refractivity contribution in [1.29, 1.82) is 0 Å². The van der Waals surface area contributed by atoms with E-state index in [-0.39, 0.29) is 29.9 Å². The molecular formula is C55H62Cl2N8O6. The molecule has 0 saturated heterocycles. The van der Waals surface area contributed by atoms with E-state index in [2.05, 4.69) is 22.9 Å². The van der Waals surface area contributed by atoms with Gasteiger partial charge in [0.2, 0.25) is 0 Å². The van der Waals surface area contributed by atoms with Crippen LogP contribution in [0.5, 0.6) is 0 Å². The number of nitrogens with one attached hydrogen (secondary N) is 3. The van der Waals surface area contributed by atoms with Gasteiger partial charge in [-0.05, 0) is 116 Å². The molecule has 0 radical (unpaired) electrons. The maximum Gasteiger partial charge on any atom is 0.331 e. The lowest BCUT2D eigenvalue weighted by Crippen LogP contribution is -2.43. The SMILES string of the molecule is CC1CCCCC1NC(=O)Nc1ccccc1.CN(C)C(=O)N(C(=O)c1ccccc1)c1ccc(Cl)cc1.CN(C)C(=O)N(C(=O)c1ccccc1)c1ccccc1.CN(C)C(=O)Nc1ccc(Cl)cc1. The number of hydrogen-bond donors (Lipinski definition) is 3. The van der Waals surface area contributed by atoms with E-state index in [1.165, 1.54) is 38.9 Å². The molecule has 0 aliphatic heterocycles. The van der Waals surface area contributed by atoms with Crippen molar-refractivity contribution in [3.8, 4) is 0 Å². The van der Waals surface area contributed by atoms with Crippen molar-refractivity contribution in [2.45, 2.75) is 38.6 Å². The zero-order valence-corrected chi connectivity index (χ0v) is 42.6. The number of rotatable bonds is 7. The van der Waals surface area contributed by atoms with E-state index in [1.807, 2.05) is 48.5 Å². The first kappa shape index (κ1) is 55.9. The number of carbonyl (C=O) groups is 6.